The molecular formula is C16H16N4O2. The van der Waals surface area contributed by atoms with Crippen molar-refractivity contribution in [1.29, 1.82) is 0 Å². The molecule has 0 aliphatic heterocycles. The van der Waals surface area contributed by atoms with Gasteiger partial charge in [0.05, 0.1) is 5.52 Å². The topological polar surface area (TPSA) is 61.4 Å². The van der Waals surface area contributed by atoms with Crippen molar-refractivity contribution in [3.63, 3.8) is 0 Å². The number of rotatable bonds is 2. The van der Waals surface area contributed by atoms with Crippen LogP contribution in [-0.4, -0.2) is 31.4 Å². The fraction of sp³-hybridized carbons (Fsp3) is 0.312. The van der Waals surface area contributed by atoms with E-state index < -0.39 is 0 Å². The summed E-state index contributed by atoms with van der Waals surface area (Å²) in [5.74, 6) is 0.379. The number of ether oxygens (including phenoxy) is 1. The summed E-state index contributed by atoms with van der Waals surface area (Å²) in [6, 6.07) is 6.19. The van der Waals surface area contributed by atoms with Gasteiger partial charge in [0, 0.05) is 30.2 Å². The zero-order valence-corrected chi connectivity index (χ0v) is 12.2. The third kappa shape index (κ3) is 2.07. The standard InChI is InChI=1S/C16H16N4O2/c1-11-2-3-13-4-5-18-20(13)15(11)12-8-14(9-12)22-16(21)19-7-6-17-10-19/h2-7,10,12,14H,8-9H2,1H3. The summed E-state index contributed by atoms with van der Waals surface area (Å²) in [6.45, 7) is 2.10. The first kappa shape index (κ1) is 13.1. The first-order valence-electron chi connectivity index (χ1n) is 7.34. The number of hydrogen-bond donors (Lipinski definition) is 0. The molecule has 6 heteroatoms. The SMILES string of the molecule is Cc1ccc2ccnn2c1C1CC(OC(=O)n2ccnc2)C1. The van der Waals surface area contributed by atoms with Crippen LogP contribution >= 0.6 is 0 Å². The Kier molecular flexibility index (Phi) is 2.96. The van der Waals surface area contributed by atoms with E-state index in [-0.39, 0.29) is 12.2 Å². The van der Waals surface area contributed by atoms with Crippen LogP contribution in [0.15, 0.2) is 43.1 Å². The number of carbonyl (C=O) groups is 1. The molecule has 0 spiro atoms. The minimum absolute atomic E-state index is 0.0369. The Hall–Kier alpha value is -2.63. The van der Waals surface area contributed by atoms with Gasteiger partial charge in [0.15, 0.2) is 0 Å². The van der Waals surface area contributed by atoms with Gasteiger partial charge in [0.1, 0.15) is 12.4 Å². The Bertz CT molecular complexity index is 816. The van der Waals surface area contributed by atoms with E-state index in [0.29, 0.717) is 5.92 Å². The van der Waals surface area contributed by atoms with Crippen LogP contribution in [0.3, 0.4) is 0 Å². The number of pyridine rings is 1. The van der Waals surface area contributed by atoms with Gasteiger partial charge in [-0.1, -0.05) is 6.07 Å². The fourth-order valence-electron chi connectivity index (χ4n) is 3.05. The quantitative estimate of drug-likeness (QED) is 0.729. The highest BCUT2D eigenvalue weighted by molar-refractivity contribution is 5.70. The molecule has 1 aliphatic rings. The number of aryl methyl sites for hydroxylation is 1. The summed E-state index contributed by atoms with van der Waals surface area (Å²) >= 11 is 0. The van der Waals surface area contributed by atoms with E-state index in [1.54, 1.807) is 12.4 Å². The largest absolute Gasteiger partial charge is 0.446 e. The van der Waals surface area contributed by atoms with Crippen molar-refractivity contribution in [2.45, 2.75) is 31.8 Å². The second kappa shape index (κ2) is 4.98. The molecule has 1 saturated carbocycles. The lowest BCUT2D eigenvalue weighted by atomic mass is 9.78. The molecular weight excluding hydrogens is 280 g/mol. The van der Waals surface area contributed by atoms with E-state index in [1.165, 1.54) is 22.2 Å². The molecule has 0 amide bonds. The van der Waals surface area contributed by atoms with Crippen LogP contribution in [-0.2, 0) is 4.74 Å². The maximum absolute atomic E-state index is 11.9. The maximum Gasteiger partial charge on any atom is 0.419 e. The van der Waals surface area contributed by atoms with Crippen molar-refractivity contribution >= 4 is 11.6 Å². The van der Waals surface area contributed by atoms with E-state index in [0.717, 1.165) is 18.4 Å². The molecule has 0 atom stereocenters. The first-order chi connectivity index (χ1) is 10.7. The molecule has 0 N–H and O–H groups in total. The molecule has 0 unspecified atom stereocenters. The van der Waals surface area contributed by atoms with E-state index in [2.05, 4.69) is 29.1 Å². The molecule has 0 bridgehead atoms. The molecule has 3 aromatic heterocycles. The molecule has 4 rings (SSSR count). The zero-order chi connectivity index (χ0) is 15.1. The summed E-state index contributed by atoms with van der Waals surface area (Å²) in [7, 11) is 0. The third-order valence-electron chi connectivity index (χ3n) is 4.27. The van der Waals surface area contributed by atoms with Crippen LogP contribution in [0.25, 0.3) is 5.52 Å². The number of aromatic nitrogens is 4. The Morgan fingerprint density at radius 2 is 2.14 bits per heavy atom. The number of carbonyl (C=O) groups excluding carboxylic acids is 1. The van der Waals surface area contributed by atoms with Crippen molar-refractivity contribution in [2.24, 2.45) is 0 Å². The summed E-state index contributed by atoms with van der Waals surface area (Å²) in [5, 5.41) is 4.41. The molecule has 1 aliphatic carbocycles. The van der Waals surface area contributed by atoms with Crippen LogP contribution in [0.2, 0.25) is 0 Å². The molecule has 22 heavy (non-hydrogen) atoms. The van der Waals surface area contributed by atoms with E-state index in [4.69, 9.17) is 4.74 Å². The summed E-state index contributed by atoms with van der Waals surface area (Å²) < 4.78 is 8.82. The fourth-order valence-corrected chi connectivity index (χ4v) is 3.05. The average Bonchev–Trinajstić information content (AvgIpc) is 3.14. The molecule has 3 heterocycles. The van der Waals surface area contributed by atoms with Crippen LogP contribution in [0.4, 0.5) is 4.79 Å². The highest BCUT2D eigenvalue weighted by Crippen LogP contribution is 2.40. The molecule has 3 aromatic rings. The van der Waals surface area contributed by atoms with Gasteiger partial charge in [-0.05, 0) is 37.5 Å². The highest BCUT2D eigenvalue weighted by atomic mass is 16.6. The second-order valence-corrected chi connectivity index (χ2v) is 5.71. The molecule has 6 nitrogen and oxygen atoms in total. The molecule has 0 radical (unpaired) electrons. The Balaban J connectivity index is 1.47. The lowest BCUT2D eigenvalue weighted by molar-refractivity contribution is 0.0388. The smallest absolute Gasteiger partial charge is 0.419 e. The Morgan fingerprint density at radius 3 is 2.91 bits per heavy atom. The van der Waals surface area contributed by atoms with Gasteiger partial charge in [0.25, 0.3) is 0 Å². The molecule has 0 saturated heterocycles. The summed E-state index contributed by atoms with van der Waals surface area (Å²) in [5.41, 5.74) is 3.54. The molecule has 1 fully saturated rings. The monoisotopic (exact) mass is 296 g/mol. The van der Waals surface area contributed by atoms with Crippen LogP contribution in [0.5, 0.6) is 0 Å². The second-order valence-electron chi connectivity index (χ2n) is 5.71. The minimum Gasteiger partial charge on any atom is -0.446 e. The van der Waals surface area contributed by atoms with Crippen molar-refractivity contribution in [3.05, 3.63) is 54.4 Å². The van der Waals surface area contributed by atoms with Gasteiger partial charge in [-0.3, -0.25) is 0 Å². The van der Waals surface area contributed by atoms with Crippen molar-refractivity contribution in [3.8, 4) is 0 Å². The Labute approximate surface area is 127 Å². The predicted molar refractivity (Wildman–Crippen MR) is 79.8 cm³/mol. The predicted octanol–water partition coefficient (Wildman–Crippen LogP) is 2.77. The van der Waals surface area contributed by atoms with E-state index >= 15 is 0 Å². The van der Waals surface area contributed by atoms with Gasteiger partial charge in [-0.15, -0.1) is 0 Å². The normalized spacial score (nSPS) is 20.8. The minimum atomic E-state index is -0.366. The van der Waals surface area contributed by atoms with Crippen LogP contribution in [0, 0.1) is 6.92 Å². The van der Waals surface area contributed by atoms with Gasteiger partial charge >= 0.3 is 6.09 Å². The number of hydrogen-bond acceptors (Lipinski definition) is 4. The van der Waals surface area contributed by atoms with Gasteiger partial charge in [-0.25, -0.2) is 18.9 Å². The van der Waals surface area contributed by atoms with Gasteiger partial charge in [0.2, 0.25) is 0 Å². The average molecular weight is 296 g/mol. The summed E-state index contributed by atoms with van der Waals surface area (Å²) in [4.78, 5) is 15.7. The lowest BCUT2D eigenvalue weighted by Crippen LogP contribution is -2.34. The first-order valence-corrected chi connectivity index (χ1v) is 7.34. The van der Waals surface area contributed by atoms with E-state index in [1.807, 2.05) is 16.8 Å². The number of imidazole rings is 1. The lowest BCUT2D eigenvalue weighted by Gasteiger charge is -2.35. The van der Waals surface area contributed by atoms with Crippen molar-refractivity contribution < 1.29 is 9.53 Å². The molecule has 112 valence electrons. The van der Waals surface area contributed by atoms with Crippen LogP contribution in [0.1, 0.15) is 30.0 Å². The van der Waals surface area contributed by atoms with Gasteiger partial charge < -0.3 is 4.74 Å². The van der Waals surface area contributed by atoms with Crippen LogP contribution < -0.4 is 0 Å². The van der Waals surface area contributed by atoms with Crippen molar-refractivity contribution in [1.82, 2.24) is 19.2 Å². The summed E-state index contributed by atoms with van der Waals surface area (Å²) in [6.07, 6.45) is 7.68. The maximum atomic E-state index is 11.9. The number of fused-ring (bicyclic) bond motifs is 1. The highest BCUT2D eigenvalue weighted by Gasteiger charge is 2.35. The number of nitrogens with zero attached hydrogens (tertiary/aromatic N) is 4. The molecule has 0 aromatic carbocycles. The Morgan fingerprint density at radius 1 is 1.27 bits per heavy atom. The zero-order valence-electron chi connectivity index (χ0n) is 12.2. The van der Waals surface area contributed by atoms with Gasteiger partial charge in [-0.2, -0.15) is 5.10 Å². The third-order valence-corrected chi connectivity index (χ3v) is 4.27. The van der Waals surface area contributed by atoms with Crippen molar-refractivity contribution in [2.75, 3.05) is 0 Å². The van der Waals surface area contributed by atoms with E-state index in [9.17, 15) is 4.79 Å².